The van der Waals surface area contributed by atoms with Gasteiger partial charge < -0.3 is 68.6 Å². The number of aliphatic hydroxyl groups is 1. The van der Waals surface area contributed by atoms with Crippen molar-refractivity contribution < 1.29 is 86.7 Å². The van der Waals surface area contributed by atoms with Gasteiger partial charge in [-0.05, 0) is 32.3 Å². The molecule has 88 heavy (non-hydrogen) atoms. The Bertz CT molecular complexity index is 2980. The third-order valence-corrected chi connectivity index (χ3v) is 20.6. The van der Waals surface area contributed by atoms with Gasteiger partial charge in [-0.25, -0.2) is 0 Å². The zero-order valence-electron chi connectivity index (χ0n) is 49.8. The number of amides is 4. The molecule has 4 bridgehead atoms. The number of ketones is 2. The van der Waals surface area contributed by atoms with Crippen LogP contribution >= 0.6 is 35.3 Å². The first kappa shape index (κ1) is 65.6. The van der Waals surface area contributed by atoms with Crippen molar-refractivity contribution >= 4 is 70.5 Å². The Hall–Kier alpha value is -5.30. The van der Waals surface area contributed by atoms with Gasteiger partial charge >= 0.3 is 0 Å². The predicted molar refractivity (Wildman–Crippen MR) is 324 cm³/mol. The Balaban J connectivity index is 0.630. The zero-order valence-corrected chi connectivity index (χ0v) is 52.3. The molecule has 10 atom stereocenters. The average Bonchev–Trinajstić information content (AvgIpc) is 1.39. The molecular formula is C61H80N6O18S3. The highest BCUT2D eigenvalue weighted by Gasteiger charge is 2.55. The van der Waals surface area contributed by atoms with Gasteiger partial charge in [0.15, 0.2) is 30.2 Å². The fraction of sp³-hybridized carbons (Fsp3) is 0.623. The zero-order chi connectivity index (χ0) is 61.9. The fourth-order valence-corrected chi connectivity index (χ4v) is 16.0. The van der Waals surface area contributed by atoms with Crippen LogP contribution in [0.15, 0.2) is 30.3 Å². The van der Waals surface area contributed by atoms with Crippen LogP contribution < -0.4 is 31.0 Å². The number of fused-ring (bicyclic) bond motifs is 10. The van der Waals surface area contributed by atoms with Gasteiger partial charge in [-0.15, -0.1) is 0 Å². The first-order valence-corrected chi connectivity index (χ1v) is 33.6. The number of morpholine rings is 1. The van der Waals surface area contributed by atoms with Gasteiger partial charge in [-0.2, -0.15) is 35.3 Å². The summed E-state index contributed by atoms with van der Waals surface area (Å²) in [6.07, 6.45) is 3.51. The summed E-state index contributed by atoms with van der Waals surface area (Å²) in [6, 6.07) is 8.22. The van der Waals surface area contributed by atoms with E-state index in [1.54, 1.807) is 6.92 Å². The first-order chi connectivity index (χ1) is 42.6. The van der Waals surface area contributed by atoms with Gasteiger partial charge in [0.05, 0.1) is 86.2 Å². The van der Waals surface area contributed by atoms with E-state index in [2.05, 4.69) is 38.5 Å². The second-order valence-electron chi connectivity index (χ2n) is 22.9. The molecular weight excluding hydrogens is 1200 g/mol. The number of nitrogens with one attached hydrogen (secondary N) is 4. The monoisotopic (exact) mass is 1280 g/mol. The number of methoxy groups -OCH3 is 2. The number of phenolic OH excluding ortho intramolecular Hbond substituents is 2. The number of thioether (sulfide) groups is 3. The van der Waals surface area contributed by atoms with Crippen LogP contribution in [0.4, 0.5) is 0 Å². The van der Waals surface area contributed by atoms with E-state index in [-0.39, 0.29) is 96.3 Å². The maximum atomic E-state index is 14.3. The summed E-state index contributed by atoms with van der Waals surface area (Å²) in [6.45, 7) is 4.74. The molecule has 7 N–H and O–H groups in total. The van der Waals surface area contributed by atoms with Crippen LogP contribution in [0.25, 0.3) is 0 Å². The standard InChI is InChI=1S/C61H80N6O18S3/c1-34-57-42(67-17-19-82-59(78-3)58(67)85-57)28-48(83-34)84-44-30-61(76,29-41-50(44)56(74)52-51(54(41)72)53(71)40-11-8-12-43(77-2)49(40)55(52)73)60(75)66-65-46(69)14-24-86-33-47(70)63-16-15-62-45(68)13-18-79-20-21-80-22-23-81-37-25-35-31-87-38-9-6-4-5-7-10-39(27-38)88-32-36(26-37)64-35/h8,11-12,25-26,34,38-39,42,44,48,57-59,72,74,76H,4-7,9-10,13-24,27-33H2,1-3H3,(H,62,68)(H,63,70)(H,65,69)(H,66,75)/t34-,38?,39?,42-,44-,48-,57+,58+,59-,61-/m0/s1. The molecule has 1 aromatic heterocycles. The molecule has 3 saturated heterocycles. The second kappa shape index (κ2) is 30.7. The van der Waals surface area contributed by atoms with Crippen molar-refractivity contribution in [3.05, 3.63) is 75.1 Å². The lowest BCUT2D eigenvalue weighted by Gasteiger charge is -2.43. The van der Waals surface area contributed by atoms with Crippen LogP contribution in [-0.4, -0.2) is 199 Å². The Morgan fingerprint density at radius 3 is 2.25 bits per heavy atom. The van der Waals surface area contributed by atoms with Crippen LogP contribution in [0.5, 0.6) is 23.0 Å². The Morgan fingerprint density at radius 2 is 1.52 bits per heavy atom. The number of hydrogen-bond acceptors (Lipinski definition) is 23. The fourth-order valence-electron chi connectivity index (χ4n) is 12.6. The molecule has 480 valence electrons. The lowest BCUT2D eigenvalue weighted by Crippen LogP contribution is -2.57. The third-order valence-electron chi connectivity index (χ3n) is 16.9. The minimum atomic E-state index is -2.45. The molecule has 0 radical (unpaired) electrons. The molecule has 2 aromatic carbocycles. The van der Waals surface area contributed by atoms with E-state index in [1.807, 2.05) is 23.5 Å². The molecule has 7 aliphatic rings. The second-order valence-corrected chi connectivity index (χ2v) is 26.6. The third kappa shape index (κ3) is 15.7. The summed E-state index contributed by atoms with van der Waals surface area (Å²) < 4.78 is 53.3. The molecule has 4 fully saturated rings. The van der Waals surface area contributed by atoms with E-state index in [0.717, 1.165) is 40.4 Å². The number of pyridine rings is 1. The van der Waals surface area contributed by atoms with Gasteiger partial charge in [0.2, 0.25) is 23.5 Å². The minimum absolute atomic E-state index is 0.00677. The number of hydrazine groups is 1. The number of aromatic nitrogens is 1. The van der Waals surface area contributed by atoms with Crippen LogP contribution in [-0.2, 0) is 70.3 Å². The largest absolute Gasteiger partial charge is 0.507 e. The molecule has 10 rings (SSSR count). The van der Waals surface area contributed by atoms with Crippen LogP contribution in [0.3, 0.4) is 0 Å². The number of nitrogens with zero attached hydrogens (tertiary/aromatic N) is 2. The quantitative estimate of drug-likeness (QED) is 0.0305. The normalized spacial score (nSPS) is 26.7. The lowest BCUT2D eigenvalue weighted by molar-refractivity contribution is -0.256. The summed E-state index contributed by atoms with van der Waals surface area (Å²) in [5.41, 5.74) is 2.66. The molecule has 5 heterocycles. The van der Waals surface area contributed by atoms with E-state index in [0.29, 0.717) is 50.1 Å². The van der Waals surface area contributed by atoms with Crippen molar-refractivity contribution in [2.24, 2.45) is 0 Å². The van der Waals surface area contributed by atoms with Crippen molar-refractivity contribution in [3.63, 3.8) is 0 Å². The number of benzene rings is 2. The average molecular weight is 1280 g/mol. The summed E-state index contributed by atoms with van der Waals surface area (Å²) in [5, 5.41) is 43.2. The number of ether oxygens (including phenoxy) is 9. The number of aromatic hydroxyl groups is 2. The van der Waals surface area contributed by atoms with E-state index in [9.17, 15) is 44.1 Å². The van der Waals surface area contributed by atoms with Crippen molar-refractivity contribution in [1.29, 1.82) is 0 Å². The number of rotatable bonds is 23. The van der Waals surface area contributed by atoms with Gasteiger partial charge in [-0.1, -0.05) is 37.8 Å². The summed E-state index contributed by atoms with van der Waals surface area (Å²) >= 11 is 5.24. The van der Waals surface area contributed by atoms with E-state index in [4.69, 9.17) is 47.6 Å². The van der Waals surface area contributed by atoms with Crippen molar-refractivity contribution in [1.82, 2.24) is 31.4 Å². The topological polar surface area (TPSA) is 310 Å². The Kier molecular flexibility index (Phi) is 22.9. The molecule has 0 spiro atoms. The molecule has 4 aliphatic heterocycles. The highest BCUT2D eigenvalue weighted by molar-refractivity contribution is 8.00. The smallest absolute Gasteiger partial charge is 0.270 e. The van der Waals surface area contributed by atoms with Crippen molar-refractivity contribution in [2.75, 3.05) is 85.0 Å². The molecule has 4 amide bonds. The lowest BCUT2D eigenvalue weighted by atomic mass is 9.72. The van der Waals surface area contributed by atoms with E-state index < -0.39 is 102 Å². The SMILES string of the molecule is COc1cccc2c1C(=O)c1c(O)c3c(c(O)c1C2=O)C[C@@](O)(C(=O)NNC(=O)CCSCC(=O)NCCNC(=O)CCOCCOCCOc1cc2nc(c1)CSC1CCCCCCC(C1)SC2)C[C@@H]3O[C@H]1C[C@H]2[C@H](O[C@@H]3[C@@H](OC)OCCN32)[C@H](C)O1. The van der Waals surface area contributed by atoms with Gasteiger partial charge in [0.25, 0.3) is 5.91 Å². The maximum absolute atomic E-state index is 14.3. The Morgan fingerprint density at radius 1 is 0.818 bits per heavy atom. The summed E-state index contributed by atoms with van der Waals surface area (Å²) in [5.74, 6) is -2.47. The highest BCUT2D eigenvalue weighted by atomic mass is 32.2. The molecule has 24 nitrogen and oxygen atoms in total. The highest BCUT2D eigenvalue weighted by Crippen LogP contribution is 2.53. The predicted octanol–water partition coefficient (Wildman–Crippen LogP) is 4.51. The number of hydrogen-bond donors (Lipinski definition) is 7. The maximum Gasteiger partial charge on any atom is 0.270 e. The van der Waals surface area contributed by atoms with Gasteiger partial charge in [0.1, 0.15) is 35.7 Å². The van der Waals surface area contributed by atoms with Crippen molar-refractivity contribution in [2.45, 2.75) is 155 Å². The first-order valence-electron chi connectivity index (χ1n) is 30.3. The minimum Gasteiger partial charge on any atom is -0.507 e. The van der Waals surface area contributed by atoms with E-state index >= 15 is 0 Å². The number of phenols is 2. The van der Waals surface area contributed by atoms with Crippen LogP contribution in [0.2, 0.25) is 0 Å². The van der Waals surface area contributed by atoms with Crippen LogP contribution in [0, 0.1) is 0 Å². The Labute approximate surface area is 523 Å². The van der Waals surface area contributed by atoms with Gasteiger partial charge in [0, 0.05) is 121 Å². The van der Waals surface area contributed by atoms with Crippen LogP contribution in [0.1, 0.15) is 138 Å². The molecule has 3 aromatic rings. The number of carbonyl (C=O) groups is 6. The van der Waals surface area contributed by atoms with Crippen molar-refractivity contribution in [3.8, 4) is 23.0 Å². The summed E-state index contributed by atoms with van der Waals surface area (Å²) in [4.78, 5) is 87.4. The molecule has 1 saturated carbocycles. The number of carbonyl (C=O) groups excluding carboxylic acids is 6. The molecule has 27 heteroatoms. The molecule has 3 aliphatic carbocycles. The van der Waals surface area contributed by atoms with E-state index in [1.165, 1.54) is 77.4 Å². The molecule has 2 unspecified atom stereocenters. The van der Waals surface area contributed by atoms with Gasteiger partial charge in [-0.3, -0.25) is 49.5 Å². The summed E-state index contributed by atoms with van der Waals surface area (Å²) in [7, 11) is 2.85.